The Morgan fingerprint density at radius 1 is 1.26 bits per heavy atom. The second-order valence-electron chi connectivity index (χ2n) is 9.27. The van der Waals surface area contributed by atoms with E-state index < -0.39 is 35.8 Å². The maximum Gasteiger partial charge on any atom is 0.308 e. The smallest absolute Gasteiger partial charge is 0.308 e. The van der Waals surface area contributed by atoms with Crippen molar-refractivity contribution in [2.24, 2.45) is 11.8 Å². The molecule has 1 aliphatic carbocycles. The molecule has 0 saturated carbocycles. The van der Waals surface area contributed by atoms with Crippen LogP contribution in [0.1, 0.15) is 60.8 Å². The number of nitrogens with one attached hydrogen (secondary N) is 2. The summed E-state index contributed by atoms with van der Waals surface area (Å²) in [6, 6.07) is 5.68. The van der Waals surface area contributed by atoms with E-state index in [2.05, 4.69) is 15.6 Å². The molecular formula is C25H30N4O5. The van der Waals surface area contributed by atoms with Gasteiger partial charge in [-0.3, -0.25) is 24.2 Å². The molecule has 2 amide bonds. The van der Waals surface area contributed by atoms with E-state index in [-0.39, 0.29) is 36.3 Å². The van der Waals surface area contributed by atoms with E-state index in [1.54, 1.807) is 18.2 Å². The van der Waals surface area contributed by atoms with E-state index in [1.807, 2.05) is 30.7 Å². The van der Waals surface area contributed by atoms with Crippen LogP contribution >= 0.6 is 0 Å². The molecule has 9 nitrogen and oxygen atoms in total. The highest BCUT2D eigenvalue weighted by molar-refractivity contribution is 5.97. The van der Waals surface area contributed by atoms with Crippen LogP contribution < -0.4 is 10.6 Å². The molecule has 0 bridgehead atoms. The lowest BCUT2D eigenvalue weighted by atomic mass is 9.79. The Morgan fingerprint density at radius 3 is 2.74 bits per heavy atom. The van der Waals surface area contributed by atoms with Gasteiger partial charge in [0, 0.05) is 37.1 Å². The summed E-state index contributed by atoms with van der Waals surface area (Å²) in [5.74, 6) is -3.49. The summed E-state index contributed by atoms with van der Waals surface area (Å²) >= 11 is 0. The molecule has 0 fully saturated rings. The van der Waals surface area contributed by atoms with Crippen LogP contribution in [0.5, 0.6) is 0 Å². The summed E-state index contributed by atoms with van der Waals surface area (Å²) in [5, 5.41) is 15.4. The minimum atomic E-state index is -0.996. The highest BCUT2D eigenvalue weighted by Gasteiger charge is 2.43. The number of carboxylic acid groups (broad SMARTS) is 1. The van der Waals surface area contributed by atoms with Crippen molar-refractivity contribution < 1.29 is 24.3 Å². The van der Waals surface area contributed by atoms with Gasteiger partial charge in [-0.05, 0) is 42.5 Å². The molecule has 180 valence electrons. The van der Waals surface area contributed by atoms with Crippen molar-refractivity contribution >= 4 is 23.6 Å². The number of carbonyl (C=O) groups is 4. The molecule has 1 aliphatic heterocycles. The van der Waals surface area contributed by atoms with Gasteiger partial charge >= 0.3 is 5.97 Å². The van der Waals surface area contributed by atoms with Crippen LogP contribution in [0.15, 0.2) is 36.7 Å². The largest absolute Gasteiger partial charge is 0.481 e. The first-order chi connectivity index (χ1) is 16.3. The van der Waals surface area contributed by atoms with Crippen LogP contribution in [0.4, 0.5) is 0 Å². The van der Waals surface area contributed by atoms with Gasteiger partial charge in [-0.15, -0.1) is 0 Å². The average Bonchev–Trinajstić information content (AvgIpc) is 3.16. The highest BCUT2D eigenvalue weighted by atomic mass is 16.4. The fraction of sp³-hybridized carbons (Fsp3) is 0.480. The van der Waals surface area contributed by atoms with Gasteiger partial charge in [0.25, 0.3) is 5.91 Å². The molecule has 3 N–H and O–H groups in total. The molecular weight excluding hydrogens is 436 g/mol. The number of rotatable bonds is 7. The maximum absolute atomic E-state index is 13.4. The third kappa shape index (κ3) is 4.60. The van der Waals surface area contributed by atoms with Crippen molar-refractivity contribution in [1.29, 1.82) is 0 Å². The predicted octanol–water partition coefficient (Wildman–Crippen LogP) is 1.92. The zero-order chi connectivity index (χ0) is 24.4. The number of aryl methyl sites for hydroxylation is 1. The van der Waals surface area contributed by atoms with Gasteiger partial charge in [-0.1, -0.05) is 26.3 Å². The third-order valence-corrected chi connectivity index (χ3v) is 7.08. The summed E-state index contributed by atoms with van der Waals surface area (Å²) < 4.78 is 1.86. The monoisotopic (exact) mass is 466 g/mol. The normalized spacial score (nSPS) is 23.2. The van der Waals surface area contributed by atoms with Gasteiger partial charge in [0.15, 0.2) is 0 Å². The third-order valence-electron chi connectivity index (χ3n) is 7.08. The molecule has 3 unspecified atom stereocenters. The fourth-order valence-electron chi connectivity index (χ4n) is 5.00. The zero-order valence-corrected chi connectivity index (χ0v) is 19.4. The molecule has 3 heterocycles. The number of carboxylic acids is 1. The van der Waals surface area contributed by atoms with Crippen molar-refractivity contribution in [2.75, 3.05) is 0 Å². The molecule has 2 aromatic heterocycles. The Kier molecular flexibility index (Phi) is 6.81. The van der Waals surface area contributed by atoms with Crippen LogP contribution in [-0.4, -0.2) is 50.3 Å². The Balaban J connectivity index is 1.56. The number of aliphatic carboxylic acids is 1. The number of hydrogen-bond donors (Lipinski definition) is 3. The molecule has 5 atom stereocenters. The molecule has 4 rings (SSSR count). The van der Waals surface area contributed by atoms with Crippen molar-refractivity contribution in [1.82, 2.24) is 20.2 Å². The van der Waals surface area contributed by atoms with Crippen LogP contribution in [0.3, 0.4) is 0 Å². The number of ketones is 1. The van der Waals surface area contributed by atoms with E-state index in [4.69, 9.17) is 0 Å². The van der Waals surface area contributed by atoms with E-state index in [9.17, 15) is 24.3 Å². The Labute approximate surface area is 197 Å². The topological polar surface area (TPSA) is 130 Å². The van der Waals surface area contributed by atoms with Crippen LogP contribution in [0, 0.1) is 11.8 Å². The molecule has 0 saturated heterocycles. The number of carbonyl (C=O) groups excluding carboxylic acids is 3. The van der Waals surface area contributed by atoms with Gasteiger partial charge < -0.3 is 20.3 Å². The van der Waals surface area contributed by atoms with Crippen molar-refractivity contribution in [3.63, 3.8) is 0 Å². The average molecular weight is 467 g/mol. The number of pyridine rings is 1. The fourth-order valence-corrected chi connectivity index (χ4v) is 5.00. The van der Waals surface area contributed by atoms with E-state index in [1.165, 1.54) is 6.20 Å². The summed E-state index contributed by atoms with van der Waals surface area (Å²) in [7, 11) is 0. The summed E-state index contributed by atoms with van der Waals surface area (Å²) in [6.07, 6.45) is 5.20. The predicted molar refractivity (Wildman–Crippen MR) is 123 cm³/mol. The molecule has 0 spiro atoms. The quantitative estimate of drug-likeness (QED) is 0.572. The van der Waals surface area contributed by atoms with Gasteiger partial charge in [0.1, 0.15) is 17.5 Å². The first-order valence-corrected chi connectivity index (χ1v) is 11.8. The lowest BCUT2D eigenvalue weighted by molar-refractivity contribution is -0.144. The lowest BCUT2D eigenvalue weighted by Crippen LogP contribution is -2.55. The summed E-state index contributed by atoms with van der Waals surface area (Å²) in [5.41, 5.74) is 2.06. The van der Waals surface area contributed by atoms with Gasteiger partial charge in [0.2, 0.25) is 5.91 Å². The summed E-state index contributed by atoms with van der Waals surface area (Å²) in [6.45, 7) is 4.07. The second-order valence-corrected chi connectivity index (χ2v) is 9.27. The van der Waals surface area contributed by atoms with E-state index in [0.29, 0.717) is 19.3 Å². The molecule has 2 aliphatic rings. The Morgan fingerprint density at radius 2 is 2.06 bits per heavy atom. The first kappa shape index (κ1) is 23.7. The Bertz CT molecular complexity index is 1100. The molecule has 0 aromatic carbocycles. The second kappa shape index (κ2) is 9.79. The minimum absolute atomic E-state index is 0.0707. The number of aromatic nitrogens is 2. The van der Waals surface area contributed by atoms with Crippen molar-refractivity contribution in [2.45, 2.75) is 64.1 Å². The van der Waals surface area contributed by atoms with E-state index in [0.717, 1.165) is 11.3 Å². The van der Waals surface area contributed by atoms with Crippen LogP contribution in [0.2, 0.25) is 0 Å². The van der Waals surface area contributed by atoms with Gasteiger partial charge in [-0.25, -0.2) is 0 Å². The number of amides is 2. The van der Waals surface area contributed by atoms with Crippen LogP contribution in [0.25, 0.3) is 0 Å². The zero-order valence-electron chi connectivity index (χ0n) is 19.4. The number of Topliss-reactive ketones (excluding diaryl/α,β-unsaturated/α-hetero) is 1. The maximum atomic E-state index is 13.4. The van der Waals surface area contributed by atoms with Gasteiger partial charge in [-0.2, -0.15) is 0 Å². The molecule has 0 radical (unpaired) electrons. The standard InChI is InChI=1S/C25H30N4O5/c1-3-14(2)21(28-23(31)18-6-4-5-10-26-18)24(32)27-17-8-7-15-9-11-29-13-16(25(33)34)12-19(30)20(17)22(15)29/h4-6,9-11,14,16-17,20-21H,3,7-8,12-13H2,1-2H3,(H,27,32)(H,28,31)(H,33,34)/t14?,16-,17-,20?,21?/m0/s1. The van der Waals surface area contributed by atoms with Crippen molar-refractivity contribution in [3.05, 3.63) is 53.6 Å². The molecule has 2 aromatic rings. The Hall–Kier alpha value is -3.49. The summed E-state index contributed by atoms with van der Waals surface area (Å²) in [4.78, 5) is 55.1. The number of hydrogen-bond acceptors (Lipinski definition) is 5. The number of nitrogens with zero attached hydrogens (tertiary/aromatic N) is 2. The lowest BCUT2D eigenvalue weighted by Gasteiger charge is -2.34. The van der Waals surface area contributed by atoms with E-state index >= 15 is 0 Å². The molecule has 34 heavy (non-hydrogen) atoms. The molecule has 9 heteroatoms. The van der Waals surface area contributed by atoms with Crippen molar-refractivity contribution in [3.8, 4) is 0 Å². The minimum Gasteiger partial charge on any atom is -0.481 e. The van der Waals surface area contributed by atoms with Gasteiger partial charge in [0.05, 0.1) is 11.8 Å². The highest BCUT2D eigenvalue weighted by Crippen LogP contribution is 2.38. The SMILES string of the molecule is CCC(C)C(NC(=O)c1ccccn1)C(=O)N[C@H]1CCc2ccn3c2C1C(=O)C[C@H](C(=O)O)C3. The van der Waals surface area contributed by atoms with Crippen LogP contribution in [-0.2, 0) is 27.3 Å². The first-order valence-electron chi connectivity index (χ1n) is 11.8.